The van der Waals surface area contributed by atoms with Gasteiger partial charge in [0.25, 0.3) is 0 Å². The molecule has 36 heavy (non-hydrogen) atoms. The maximum absolute atomic E-state index is 1.81. The first kappa shape index (κ1) is 18.4. The Morgan fingerprint density at radius 3 is 1.92 bits per heavy atom. The van der Waals surface area contributed by atoms with Gasteiger partial charge in [0.15, 0.2) is 0 Å². The van der Waals surface area contributed by atoms with Crippen molar-refractivity contribution in [1.29, 1.82) is 0 Å². The first-order valence-electron chi connectivity index (χ1n) is 17.7. The fourth-order valence-corrected chi connectivity index (χ4v) is 22.4. The first-order valence-corrected chi connectivity index (χ1v) is 17.7. The molecule has 20 aliphatic rings. The van der Waals surface area contributed by atoms with E-state index in [4.69, 9.17) is 0 Å². The summed E-state index contributed by atoms with van der Waals surface area (Å²) in [6.07, 6.45) is 24.5. The minimum atomic E-state index is 0.870. The van der Waals surface area contributed by atoms with Crippen LogP contribution in [-0.2, 0) is 0 Å². The highest BCUT2D eigenvalue weighted by atomic mass is 15.0. The summed E-state index contributed by atoms with van der Waals surface area (Å²) in [6.45, 7) is 0. The summed E-state index contributed by atoms with van der Waals surface area (Å²) in [5.41, 5.74) is 3.52. The highest BCUT2D eigenvalue weighted by molar-refractivity contribution is 5.43. The van der Waals surface area contributed by atoms with Gasteiger partial charge >= 0.3 is 0 Å². The minimum absolute atomic E-state index is 0.870. The summed E-state index contributed by atoms with van der Waals surface area (Å²) in [5, 5.41) is 0. The SMILES string of the molecule is C1C2CC3C4CC5CC(C14)C(C2)C3(C12C3CC4CC6C3CC37CC8CC9C(CC1(C4)C6C93)C(C8)C72)C5. The molecule has 0 aromatic heterocycles. The molecule has 20 saturated carbocycles. The van der Waals surface area contributed by atoms with Crippen LogP contribution in [-0.4, -0.2) is 0 Å². The van der Waals surface area contributed by atoms with Gasteiger partial charge in [-0.1, -0.05) is 0 Å². The summed E-state index contributed by atoms with van der Waals surface area (Å²) in [6, 6.07) is 0. The number of hydrogen-bond acceptors (Lipinski definition) is 0. The summed E-state index contributed by atoms with van der Waals surface area (Å²) < 4.78 is 0. The lowest BCUT2D eigenvalue weighted by Crippen LogP contribution is -2.93. The average Bonchev–Trinajstić information content (AvgIpc) is 2.89. The van der Waals surface area contributed by atoms with Crippen LogP contribution in [0, 0.1) is 128 Å². The predicted octanol–water partition coefficient (Wildman–Crippen LogP) is 7.68. The van der Waals surface area contributed by atoms with E-state index in [0.717, 1.165) is 21.7 Å². The zero-order chi connectivity index (χ0) is 22.3. The van der Waals surface area contributed by atoms with E-state index >= 15 is 0 Å². The normalized spacial score (nSPS) is 84.7. The molecule has 20 aliphatic carbocycles. The van der Waals surface area contributed by atoms with Crippen LogP contribution in [0.1, 0.15) is 89.9 Å². The van der Waals surface area contributed by atoms with Crippen LogP contribution < -0.4 is 0 Å². The Kier molecular flexibility index (Phi) is 2.44. The lowest BCUT2D eigenvalue weighted by atomic mass is 9.06. The van der Waals surface area contributed by atoms with Crippen LogP contribution in [0.15, 0.2) is 0 Å². The molecule has 0 radical (unpaired) electrons. The van der Waals surface area contributed by atoms with E-state index in [9.17, 15) is 0 Å². The van der Waals surface area contributed by atoms with Crippen LogP contribution in [0.3, 0.4) is 0 Å². The lowest BCUT2D eigenvalue weighted by Gasteiger charge is -2.98. The molecule has 2 spiro atoms. The molecule has 20 rings (SSSR count). The van der Waals surface area contributed by atoms with Gasteiger partial charge in [0, 0.05) is 0 Å². The van der Waals surface area contributed by atoms with Crippen LogP contribution in [0.4, 0.5) is 0 Å². The summed E-state index contributed by atoms with van der Waals surface area (Å²) >= 11 is 0. The number of hydrogen-bond donors (Lipinski definition) is 0. The van der Waals surface area contributed by atoms with Crippen molar-refractivity contribution in [3.63, 3.8) is 0 Å². The predicted molar refractivity (Wildman–Crippen MR) is 137 cm³/mol. The third-order valence-corrected chi connectivity index (χ3v) is 20.5. The molecule has 0 aliphatic heterocycles. The van der Waals surface area contributed by atoms with E-state index < -0.39 is 0 Å². The second-order valence-corrected chi connectivity index (χ2v) is 19.6. The van der Waals surface area contributed by atoms with Gasteiger partial charge in [-0.15, -0.1) is 0 Å². The zero-order valence-electron chi connectivity index (χ0n) is 22.3. The molecule has 0 heterocycles. The van der Waals surface area contributed by atoms with E-state index in [1.165, 1.54) is 107 Å². The van der Waals surface area contributed by atoms with Crippen LogP contribution in [0.5, 0.6) is 0 Å². The van der Waals surface area contributed by atoms with Gasteiger partial charge in [-0.2, -0.15) is 0 Å². The molecule has 0 amide bonds. The Hall–Kier alpha value is 0. The monoisotopic (exact) mass is 478 g/mol. The molecular formula is C36H46. The topological polar surface area (TPSA) is 0 Å². The molecule has 0 heteroatoms. The quantitative estimate of drug-likeness (QED) is 0.363. The average molecular weight is 479 g/mol. The maximum atomic E-state index is 1.81. The Bertz CT molecular complexity index is 1170. The lowest BCUT2D eigenvalue weighted by molar-refractivity contribution is -0.511. The van der Waals surface area contributed by atoms with E-state index in [-0.39, 0.29) is 0 Å². The van der Waals surface area contributed by atoms with Crippen LogP contribution in [0.25, 0.3) is 0 Å². The molecule has 0 N–H and O–H groups in total. The number of rotatable bonds is 1. The van der Waals surface area contributed by atoms with Crippen molar-refractivity contribution >= 4 is 0 Å². The van der Waals surface area contributed by atoms with Crippen LogP contribution in [0.2, 0.25) is 0 Å². The van der Waals surface area contributed by atoms with Crippen LogP contribution >= 0.6 is 0 Å². The van der Waals surface area contributed by atoms with Gasteiger partial charge < -0.3 is 0 Å². The van der Waals surface area contributed by atoms with Crippen molar-refractivity contribution in [1.82, 2.24) is 0 Å². The Balaban J connectivity index is 1.14. The van der Waals surface area contributed by atoms with Crippen molar-refractivity contribution in [3.05, 3.63) is 0 Å². The third kappa shape index (κ3) is 1.30. The second kappa shape index (κ2) is 4.78. The van der Waals surface area contributed by atoms with Gasteiger partial charge in [-0.05, 0) is 218 Å². The highest BCUT2D eigenvalue weighted by Gasteiger charge is 2.95. The zero-order valence-corrected chi connectivity index (χ0v) is 22.3. The molecule has 190 valence electrons. The first-order chi connectivity index (χ1) is 17.7. The van der Waals surface area contributed by atoms with Crippen molar-refractivity contribution in [2.45, 2.75) is 89.9 Å². The molecular weight excluding hydrogens is 432 g/mol. The second-order valence-electron chi connectivity index (χ2n) is 19.6. The summed E-state index contributed by atoms with van der Waals surface area (Å²) in [7, 11) is 0. The Morgan fingerprint density at radius 2 is 1.06 bits per heavy atom. The largest absolute Gasteiger partial charge is 0.0470 e. The molecule has 0 nitrogen and oxygen atoms in total. The Labute approximate surface area is 217 Å². The van der Waals surface area contributed by atoms with Gasteiger partial charge in [0.2, 0.25) is 0 Å². The highest BCUT2D eigenvalue weighted by Crippen LogP contribution is 3.01. The molecule has 22 bridgehead atoms. The summed E-state index contributed by atoms with van der Waals surface area (Å²) in [4.78, 5) is 0. The van der Waals surface area contributed by atoms with Crippen molar-refractivity contribution in [2.75, 3.05) is 0 Å². The van der Waals surface area contributed by atoms with Gasteiger partial charge in [0.05, 0.1) is 0 Å². The fraction of sp³-hybridized carbons (Fsp3) is 1.00. The molecule has 20 fully saturated rings. The van der Waals surface area contributed by atoms with Crippen molar-refractivity contribution in [2.24, 2.45) is 128 Å². The van der Waals surface area contributed by atoms with E-state index in [0.29, 0.717) is 0 Å². The van der Waals surface area contributed by atoms with Gasteiger partial charge in [-0.3, -0.25) is 0 Å². The van der Waals surface area contributed by atoms with Gasteiger partial charge in [0.1, 0.15) is 0 Å². The summed E-state index contributed by atoms with van der Waals surface area (Å²) in [5.74, 6) is 22.0. The molecule has 0 saturated heterocycles. The smallest absolute Gasteiger partial charge is 0.0108 e. The molecule has 0 aromatic rings. The van der Waals surface area contributed by atoms with E-state index in [1.807, 2.05) is 6.42 Å². The van der Waals surface area contributed by atoms with Crippen molar-refractivity contribution < 1.29 is 0 Å². The van der Waals surface area contributed by atoms with E-state index in [1.54, 1.807) is 83.5 Å². The minimum Gasteiger partial charge on any atom is -0.0470 e. The Morgan fingerprint density at radius 1 is 0.389 bits per heavy atom. The molecule has 0 aromatic carbocycles. The third-order valence-electron chi connectivity index (χ3n) is 20.5. The van der Waals surface area contributed by atoms with Gasteiger partial charge in [-0.25, -0.2) is 0 Å². The molecule has 18 atom stereocenters. The fourth-order valence-electron chi connectivity index (χ4n) is 22.4. The standard InChI is InChI=1S/C36H46/c1-15-7-27-20-2-17-3-21(19(1)20)28(8-15)35(27,12-17)36-29-9-18-5-23-26(29)13-33-10-16-4-22-25(24(6-16)32(33)36)14-34(36,11-18)31(23)30(22)33/h15-32H,1-14H2. The van der Waals surface area contributed by atoms with E-state index in [2.05, 4.69) is 0 Å². The molecule has 18 unspecified atom stereocenters. The van der Waals surface area contributed by atoms with Crippen molar-refractivity contribution in [3.8, 4) is 0 Å². The maximum Gasteiger partial charge on any atom is -0.0108 e.